The molecule has 1 heterocycles. The summed E-state index contributed by atoms with van der Waals surface area (Å²) in [6.07, 6.45) is 3.97. The zero-order valence-corrected chi connectivity index (χ0v) is 8.46. The van der Waals surface area contributed by atoms with Crippen LogP contribution in [-0.2, 0) is 0 Å². The van der Waals surface area contributed by atoms with Crippen LogP contribution in [0.3, 0.4) is 0 Å². The summed E-state index contributed by atoms with van der Waals surface area (Å²) in [6, 6.07) is 6.10. The second kappa shape index (κ2) is 2.97. The highest BCUT2D eigenvalue weighted by Gasteiger charge is 2.37. The van der Waals surface area contributed by atoms with Crippen LogP contribution in [0.2, 0.25) is 0 Å². The zero-order chi connectivity index (χ0) is 10.3. The molecule has 0 atom stereocenters. The van der Waals surface area contributed by atoms with E-state index in [0.717, 1.165) is 36.1 Å². The molecule has 0 unspecified atom stereocenters. The molecule has 1 aromatic carbocycles. The third kappa shape index (κ3) is 1.68. The number of aromatic nitrogens is 2. The molecule has 1 fully saturated rings. The van der Waals surface area contributed by atoms with Crippen LogP contribution >= 0.6 is 0 Å². The molecule has 15 heavy (non-hydrogen) atoms. The first-order valence-electron chi connectivity index (χ1n) is 5.21. The monoisotopic (exact) mass is 202 g/mol. The smallest absolute Gasteiger partial charge is 0.0931 e. The molecular weight excluding hydrogens is 188 g/mol. The lowest BCUT2D eigenvalue weighted by atomic mass is 10.2. The summed E-state index contributed by atoms with van der Waals surface area (Å²) in [6.45, 7) is 0.854. The molecule has 2 aromatic rings. The average molecular weight is 202 g/mol. The van der Waals surface area contributed by atoms with Gasteiger partial charge in [0.1, 0.15) is 0 Å². The molecular formula is C11H14N4. The van der Waals surface area contributed by atoms with Gasteiger partial charge in [-0.3, -0.25) is 0 Å². The summed E-state index contributed by atoms with van der Waals surface area (Å²) >= 11 is 0. The molecule has 4 N–H and O–H groups in total. The van der Waals surface area contributed by atoms with Crippen molar-refractivity contribution in [2.75, 3.05) is 11.9 Å². The highest BCUT2D eigenvalue weighted by Crippen LogP contribution is 2.32. The van der Waals surface area contributed by atoms with E-state index in [9.17, 15) is 0 Å². The van der Waals surface area contributed by atoms with Gasteiger partial charge in [-0.25, -0.2) is 4.98 Å². The summed E-state index contributed by atoms with van der Waals surface area (Å²) in [5.74, 6) is 0. The van der Waals surface area contributed by atoms with E-state index in [2.05, 4.69) is 21.4 Å². The third-order valence-electron chi connectivity index (χ3n) is 2.96. The predicted octanol–water partition coefficient (Wildman–Crippen LogP) is 1.47. The van der Waals surface area contributed by atoms with Crippen LogP contribution in [0.1, 0.15) is 12.8 Å². The summed E-state index contributed by atoms with van der Waals surface area (Å²) in [5, 5.41) is 3.36. The van der Waals surface area contributed by atoms with E-state index in [4.69, 9.17) is 5.73 Å². The van der Waals surface area contributed by atoms with Gasteiger partial charge in [-0.1, -0.05) is 0 Å². The first kappa shape index (κ1) is 8.73. The number of hydrogen-bond donors (Lipinski definition) is 3. The maximum Gasteiger partial charge on any atom is 0.0931 e. The van der Waals surface area contributed by atoms with Gasteiger partial charge >= 0.3 is 0 Å². The quantitative estimate of drug-likeness (QED) is 0.706. The molecule has 4 nitrogen and oxygen atoms in total. The van der Waals surface area contributed by atoms with E-state index in [1.807, 2.05) is 12.1 Å². The number of rotatable bonds is 3. The first-order valence-corrected chi connectivity index (χ1v) is 5.21. The molecule has 3 rings (SSSR count). The number of anilines is 1. The van der Waals surface area contributed by atoms with Crippen LogP contribution in [0, 0.1) is 0 Å². The number of H-pyrrole nitrogens is 1. The Labute approximate surface area is 87.9 Å². The third-order valence-corrected chi connectivity index (χ3v) is 2.96. The van der Waals surface area contributed by atoms with E-state index in [0.29, 0.717) is 0 Å². The van der Waals surface area contributed by atoms with Crippen molar-refractivity contribution in [2.24, 2.45) is 5.73 Å². The Hall–Kier alpha value is -1.55. The standard InChI is InChI=1S/C11H14N4/c12-11(3-4-11)6-13-8-1-2-9-10(5-8)15-7-14-9/h1-2,5,7,13H,3-4,6,12H2,(H,14,15). The number of fused-ring (bicyclic) bond motifs is 1. The Morgan fingerprint density at radius 1 is 1.47 bits per heavy atom. The molecule has 1 aromatic heterocycles. The van der Waals surface area contributed by atoms with Gasteiger partial charge in [0, 0.05) is 17.8 Å². The average Bonchev–Trinajstić information content (AvgIpc) is 2.80. The number of benzene rings is 1. The van der Waals surface area contributed by atoms with Gasteiger partial charge in [0.25, 0.3) is 0 Å². The SMILES string of the molecule is NC1(CNc2ccc3nc[nH]c3c2)CC1. The maximum atomic E-state index is 6.00. The molecule has 4 heteroatoms. The van der Waals surface area contributed by atoms with E-state index < -0.39 is 0 Å². The van der Waals surface area contributed by atoms with Crippen LogP contribution in [0.5, 0.6) is 0 Å². The van der Waals surface area contributed by atoms with Crippen molar-refractivity contribution in [3.05, 3.63) is 24.5 Å². The minimum absolute atomic E-state index is 0.0446. The number of aromatic amines is 1. The van der Waals surface area contributed by atoms with E-state index in [-0.39, 0.29) is 5.54 Å². The molecule has 0 saturated heterocycles. The minimum atomic E-state index is 0.0446. The number of hydrogen-bond acceptors (Lipinski definition) is 3. The highest BCUT2D eigenvalue weighted by atomic mass is 15.0. The number of nitrogens with one attached hydrogen (secondary N) is 2. The topological polar surface area (TPSA) is 66.7 Å². The summed E-state index contributed by atoms with van der Waals surface area (Å²) in [5.41, 5.74) is 9.20. The van der Waals surface area contributed by atoms with Crippen LogP contribution in [0.15, 0.2) is 24.5 Å². The minimum Gasteiger partial charge on any atom is -0.383 e. The molecule has 0 spiro atoms. The number of nitrogens with zero attached hydrogens (tertiary/aromatic N) is 1. The van der Waals surface area contributed by atoms with Gasteiger partial charge in [0.2, 0.25) is 0 Å². The van der Waals surface area contributed by atoms with Crippen molar-refractivity contribution < 1.29 is 0 Å². The highest BCUT2D eigenvalue weighted by molar-refractivity contribution is 5.78. The first-order chi connectivity index (χ1) is 7.25. The fraction of sp³-hybridized carbons (Fsp3) is 0.364. The van der Waals surface area contributed by atoms with Crippen molar-refractivity contribution >= 4 is 16.7 Å². The lowest BCUT2D eigenvalue weighted by Gasteiger charge is -2.11. The Bertz CT molecular complexity index is 484. The van der Waals surface area contributed by atoms with Crippen molar-refractivity contribution in [3.8, 4) is 0 Å². The Balaban J connectivity index is 1.78. The molecule has 78 valence electrons. The lowest BCUT2D eigenvalue weighted by Crippen LogP contribution is -2.30. The maximum absolute atomic E-state index is 6.00. The second-order valence-corrected chi connectivity index (χ2v) is 4.35. The molecule has 1 aliphatic carbocycles. The predicted molar refractivity (Wildman–Crippen MR) is 60.7 cm³/mol. The fourth-order valence-corrected chi connectivity index (χ4v) is 1.66. The van der Waals surface area contributed by atoms with E-state index >= 15 is 0 Å². The van der Waals surface area contributed by atoms with E-state index in [1.54, 1.807) is 6.33 Å². The molecule has 0 bridgehead atoms. The van der Waals surface area contributed by atoms with E-state index in [1.165, 1.54) is 0 Å². The van der Waals surface area contributed by atoms with Crippen molar-refractivity contribution in [2.45, 2.75) is 18.4 Å². The normalized spacial score (nSPS) is 17.9. The summed E-state index contributed by atoms with van der Waals surface area (Å²) in [4.78, 5) is 7.26. The van der Waals surface area contributed by atoms with Gasteiger partial charge in [0.05, 0.1) is 17.4 Å². The van der Waals surface area contributed by atoms with Gasteiger partial charge < -0.3 is 16.0 Å². The summed E-state index contributed by atoms with van der Waals surface area (Å²) < 4.78 is 0. The van der Waals surface area contributed by atoms with Crippen LogP contribution in [0.4, 0.5) is 5.69 Å². The molecule has 0 radical (unpaired) electrons. The van der Waals surface area contributed by atoms with Crippen LogP contribution in [0.25, 0.3) is 11.0 Å². The van der Waals surface area contributed by atoms with Gasteiger partial charge in [-0.2, -0.15) is 0 Å². The Kier molecular flexibility index (Phi) is 1.73. The zero-order valence-electron chi connectivity index (χ0n) is 8.46. The molecule has 1 saturated carbocycles. The number of imidazole rings is 1. The fourth-order valence-electron chi connectivity index (χ4n) is 1.66. The van der Waals surface area contributed by atoms with Crippen LogP contribution in [-0.4, -0.2) is 22.1 Å². The van der Waals surface area contributed by atoms with Gasteiger partial charge in [0.15, 0.2) is 0 Å². The summed E-state index contributed by atoms with van der Waals surface area (Å²) in [7, 11) is 0. The molecule has 0 amide bonds. The van der Waals surface area contributed by atoms with Gasteiger partial charge in [-0.05, 0) is 31.0 Å². The van der Waals surface area contributed by atoms with Crippen molar-refractivity contribution in [1.29, 1.82) is 0 Å². The largest absolute Gasteiger partial charge is 0.383 e. The molecule has 0 aliphatic heterocycles. The van der Waals surface area contributed by atoms with Crippen molar-refractivity contribution in [3.63, 3.8) is 0 Å². The lowest BCUT2D eigenvalue weighted by molar-refractivity contribution is 0.713. The van der Waals surface area contributed by atoms with Crippen LogP contribution < -0.4 is 11.1 Å². The Morgan fingerprint density at radius 2 is 2.33 bits per heavy atom. The number of nitrogens with two attached hydrogens (primary N) is 1. The Morgan fingerprint density at radius 3 is 3.13 bits per heavy atom. The second-order valence-electron chi connectivity index (χ2n) is 4.35. The molecule has 1 aliphatic rings. The van der Waals surface area contributed by atoms with Gasteiger partial charge in [-0.15, -0.1) is 0 Å². The van der Waals surface area contributed by atoms with Crippen molar-refractivity contribution in [1.82, 2.24) is 9.97 Å².